The molecule has 174 valence electrons. The second-order valence-electron chi connectivity index (χ2n) is 9.87. The molecule has 1 saturated carbocycles. The third-order valence-electron chi connectivity index (χ3n) is 6.92. The summed E-state index contributed by atoms with van der Waals surface area (Å²) in [6, 6.07) is 0.747. The van der Waals surface area contributed by atoms with Gasteiger partial charge in [0.15, 0.2) is 11.6 Å². The third kappa shape index (κ3) is 5.31. The van der Waals surface area contributed by atoms with Gasteiger partial charge in [-0.2, -0.15) is 4.98 Å². The number of rotatable bonds is 8. The van der Waals surface area contributed by atoms with Crippen LogP contribution in [0, 0.1) is 5.82 Å². The predicted molar refractivity (Wildman–Crippen MR) is 127 cm³/mol. The molecule has 0 amide bonds. The summed E-state index contributed by atoms with van der Waals surface area (Å²) in [6.07, 6.45) is 14.9. The molecule has 3 fully saturated rings. The van der Waals surface area contributed by atoms with Crippen LogP contribution < -0.4 is 10.6 Å². The number of halogens is 1. The van der Waals surface area contributed by atoms with Crippen LogP contribution in [0.2, 0.25) is 0 Å². The Morgan fingerprint density at radius 3 is 2.81 bits per heavy atom. The molecule has 3 aliphatic rings. The standard InChI is InChI=1S/C25H36FN5O/c1-5-18(12-11-17(2)32-21-9-6-10-21)29-24-27-16-22(26)23(30-24)28-19-14-20-8-7-13-31(20)25(3,4)15-19/h5,11-12,16,19-21H,1,6-10,13-15H2,2-4H3,(H2,27,28,29,30)/b17-11+,18-12+/t19-,20+/m1/s1. The molecule has 4 rings (SSSR count). The third-order valence-corrected chi connectivity index (χ3v) is 6.92. The lowest BCUT2D eigenvalue weighted by Gasteiger charge is -2.47. The predicted octanol–water partition coefficient (Wildman–Crippen LogP) is 5.39. The maximum Gasteiger partial charge on any atom is 0.229 e. The van der Waals surface area contributed by atoms with Crippen LogP contribution in [0.1, 0.15) is 65.7 Å². The van der Waals surface area contributed by atoms with E-state index < -0.39 is 5.82 Å². The van der Waals surface area contributed by atoms with E-state index >= 15 is 0 Å². The number of nitrogens with one attached hydrogen (secondary N) is 2. The maximum absolute atomic E-state index is 14.5. The molecule has 2 saturated heterocycles. The van der Waals surface area contributed by atoms with E-state index in [-0.39, 0.29) is 17.4 Å². The molecule has 0 unspecified atom stereocenters. The monoisotopic (exact) mass is 441 g/mol. The largest absolute Gasteiger partial charge is 0.495 e. The highest BCUT2D eigenvalue weighted by molar-refractivity contribution is 5.47. The van der Waals surface area contributed by atoms with Crippen molar-refractivity contribution in [1.29, 1.82) is 0 Å². The Hall–Kier alpha value is -2.41. The van der Waals surface area contributed by atoms with Gasteiger partial charge in [0.25, 0.3) is 0 Å². The number of aromatic nitrogens is 2. The van der Waals surface area contributed by atoms with Gasteiger partial charge in [0.2, 0.25) is 5.95 Å². The van der Waals surface area contributed by atoms with Crippen molar-refractivity contribution in [1.82, 2.24) is 14.9 Å². The van der Waals surface area contributed by atoms with Gasteiger partial charge in [-0.25, -0.2) is 9.37 Å². The topological polar surface area (TPSA) is 62.3 Å². The van der Waals surface area contributed by atoms with Crippen molar-refractivity contribution >= 4 is 11.8 Å². The fourth-order valence-electron chi connectivity index (χ4n) is 5.13. The second kappa shape index (κ2) is 9.61. The normalized spacial score (nSPS) is 26.2. The minimum absolute atomic E-state index is 0.103. The molecule has 32 heavy (non-hydrogen) atoms. The van der Waals surface area contributed by atoms with Crippen LogP contribution >= 0.6 is 0 Å². The highest BCUT2D eigenvalue weighted by atomic mass is 19.1. The summed E-state index contributed by atoms with van der Waals surface area (Å²) in [7, 11) is 0. The van der Waals surface area contributed by atoms with E-state index in [0.717, 1.165) is 43.7 Å². The van der Waals surface area contributed by atoms with Crippen LogP contribution in [-0.4, -0.2) is 45.1 Å². The molecule has 1 aromatic heterocycles. The molecule has 2 aliphatic heterocycles. The number of anilines is 2. The smallest absolute Gasteiger partial charge is 0.229 e. The summed E-state index contributed by atoms with van der Waals surface area (Å²) < 4.78 is 20.4. The number of allylic oxidation sites excluding steroid dienone is 4. The van der Waals surface area contributed by atoms with E-state index in [1.165, 1.54) is 25.5 Å². The number of ether oxygens (including phenoxy) is 1. The Morgan fingerprint density at radius 1 is 1.28 bits per heavy atom. The lowest BCUT2D eigenvalue weighted by molar-refractivity contribution is 0.0500. The Morgan fingerprint density at radius 2 is 2.09 bits per heavy atom. The summed E-state index contributed by atoms with van der Waals surface area (Å²) in [5.74, 6) is 1.01. The van der Waals surface area contributed by atoms with Crippen LogP contribution in [0.3, 0.4) is 0 Å². The van der Waals surface area contributed by atoms with Gasteiger partial charge >= 0.3 is 0 Å². The summed E-state index contributed by atoms with van der Waals surface area (Å²) in [5, 5.41) is 6.49. The molecule has 0 spiro atoms. The number of piperidine rings is 1. The van der Waals surface area contributed by atoms with Gasteiger partial charge < -0.3 is 15.4 Å². The van der Waals surface area contributed by atoms with Crippen LogP contribution in [0.15, 0.2) is 42.5 Å². The SMILES string of the molecule is C=C/C(=C\C=C(/C)OC1CCC1)Nc1ncc(F)c(N[C@@H]2C[C@@H]3CCCN3C(C)(C)C2)n1. The molecule has 0 aromatic carbocycles. The minimum Gasteiger partial charge on any atom is -0.495 e. The van der Waals surface area contributed by atoms with Crippen molar-refractivity contribution < 1.29 is 9.13 Å². The van der Waals surface area contributed by atoms with Gasteiger partial charge in [0, 0.05) is 23.3 Å². The maximum atomic E-state index is 14.5. The molecule has 0 bridgehead atoms. The fraction of sp³-hybridized carbons (Fsp3) is 0.600. The lowest BCUT2D eigenvalue weighted by atomic mass is 9.84. The Bertz CT molecular complexity index is 892. The average molecular weight is 442 g/mol. The van der Waals surface area contributed by atoms with Crippen LogP contribution in [0.5, 0.6) is 0 Å². The first kappa shape index (κ1) is 22.8. The summed E-state index contributed by atoms with van der Waals surface area (Å²) in [5.41, 5.74) is 0.825. The van der Waals surface area contributed by atoms with Gasteiger partial charge in [0.1, 0.15) is 0 Å². The van der Waals surface area contributed by atoms with E-state index in [9.17, 15) is 4.39 Å². The van der Waals surface area contributed by atoms with E-state index in [1.54, 1.807) is 6.08 Å². The van der Waals surface area contributed by atoms with Gasteiger partial charge in [0.05, 0.1) is 18.1 Å². The fourth-order valence-corrected chi connectivity index (χ4v) is 5.13. The number of hydrogen-bond acceptors (Lipinski definition) is 6. The van der Waals surface area contributed by atoms with Gasteiger partial charge in [-0.05, 0) is 90.5 Å². The van der Waals surface area contributed by atoms with E-state index in [2.05, 4.69) is 45.9 Å². The van der Waals surface area contributed by atoms with Crippen molar-refractivity contribution in [2.75, 3.05) is 17.2 Å². The van der Waals surface area contributed by atoms with Crippen LogP contribution in [0.4, 0.5) is 16.2 Å². The molecular formula is C25H36FN5O. The summed E-state index contributed by atoms with van der Waals surface area (Å²) in [4.78, 5) is 11.1. The Kier molecular flexibility index (Phi) is 6.84. The molecule has 2 N–H and O–H groups in total. The first-order chi connectivity index (χ1) is 15.3. The molecule has 3 heterocycles. The molecule has 7 heteroatoms. The Labute approximate surface area is 191 Å². The first-order valence-corrected chi connectivity index (χ1v) is 11.8. The highest BCUT2D eigenvalue weighted by Gasteiger charge is 2.43. The molecule has 1 aromatic rings. The second-order valence-corrected chi connectivity index (χ2v) is 9.87. The molecule has 6 nitrogen and oxygen atoms in total. The zero-order valence-electron chi connectivity index (χ0n) is 19.5. The zero-order chi connectivity index (χ0) is 22.7. The van der Waals surface area contributed by atoms with Crippen molar-refractivity contribution in [3.8, 4) is 0 Å². The van der Waals surface area contributed by atoms with Crippen molar-refractivity contribution in [3.05, 3.63) is 48.3 Å². The van der Waals surface area contributed by atoms with Crippen LogP contribution in [0.25, 0.3) is 0 Å². The van der Waals surface area contributed by atoms with Gasteiger partial charge in [-0.3, -0.25) is 4.90 Å². The lowest BCUT2D eigenvalue weighted by Crippen LogP contribution is -2.55. The molecular weight excluding hydrogens is 405 g/mol. The highest BCUT2D eigenvalue weighted by Crippen LogP contribution is 2.38. The van der Waals surface area contributed by atoms with Gasteiger partial charge in [-0.15, -0.1) is 0 Å². The zero-order valence-corrected chi connectivity index (χ0v) is 19.5. The summed E-state index contributed by atoms with van der Waals surface area (Å²) in [6.45, 7) is 11.5. The quantitative estimate of drug-likeness (QED) is 0.417. The molecule has 1 aliphatic carbocycles. The summed E-state index contributed by atoms with van der Waals surface area (Å²) >= 11 is 0. The number of nitrogens with zero attached hydrogens (tertiary/aromatic N) is 3. The first-order valence-electron chi connectivity index (χ1n) is 11.8. The van der Waals surface area contributed by atoms with E-state index in [0.29, 0.717) is 18.1 Å². The van der Waals surface area contributed by atoms with Crippen molar-refractivity contribution in [2.24, 2.45) is 0 Å². The molecule has 0 radical (unpaired) electrons. The molecule has 2 atom stereocenters. The average Bonchev–Trinajstić information content (AvgIpc) is 3.19. The minimum atomic E-state index is -0.434. The van der Waals surface area contributed by atoms with E-state index in [4.69, 9.17) is 4.74 Å². The Balaban J connectivity index is 1.42. The van der Waals surface area contributed by atoms with Crippen LogP contribution in [-0.2, 0) is 4.74 Å². The van der Waals surface area contributed by atoms with E-state index in [1.807, 2.05) is 19.1 Å². The number of fused-ring (bicyclic) bond motifs is 1. The van der Waals surface area contributed by atoms with Crippen molar-refractivity contribution in [3.63, 3.8) is 0 Å². The number of hydrogen-bond donors (Lipinski definition) is 2. The van der Waals surface area contributed by atoms with Crippen molar-refractivity contribution in [2.45, 2.75) is 89.4 Å². The van der Waals surface area contributed by atoms with Gasteiger partial charge in [-0.1, -0.05) is 6.58 Å².